The van der Waals surface area contributed by atoms with Crippen LogP contribution in [0.25, 0.3) is 0 Å². The summed E-state index contributed by atoms with van der Waals surface area (Å²) in [5.74, 6) is -1.79. The van der Waals surface area contributed by atoms with Crippen molar-refractivity contribution < 1.29 is 24.6 Å². The second-order valence-corrected chi connectivity index (χ2v) is 10.8. The third-order valence-corrected chi connectivity index (χ3v) is 8.78. The van der Waals surface area contributed by atoms with Gasteiger partial charge in [0.1, 0.15) is 5.37 Å². The monoisotopic (exact) mass is 462 g/mol. The number of benzene rings is 1. The maximum absolute atomic E-state index is 12.5. The van der Waals surface area contributed by atoms with E-state index < -0.39 is 18.0 Å². The van der Waals surface area contributed by atoms with E-state index >= 15 is 0 Å². The molecule has 0 bridgehead atoms. The highest BCUT2D eigenvalue weighted by molar-refractivity contribution is 8.23. The first-order valence-electron chi connectivity index (χ1n) is 10.5. The first-order chi connectivity index (χ1) is 14.9. The van der Waals surface area contributed by atoms with Crippen LogP contribution < -0.4 is 0 Å². The Kier molecular flexibility index (Phi) is 6.76. The van der Waals surface area contributed by atoms with Crippen molar-refractivity contribution in [3.05, 3.63) is 45.8 Å². The van der Waals surface area contributed by atoms with Gasteiger partial charge < -0.3 is 10.2 Å². The number of aliphatic hydroxyl groups is 1. The minimum absolute atomic E-state index is 0.0446. The number of hydrogen-bond acceptors (Lipinski definition) is 7. The van der Waals surface area contributed by atoms with Gasteiger partial charge in [0.2, 0.25) is 5.91 Å². The standard InChI is InChI=1S/C22H26N2O5S2/c1-2-16(26)17-19(27)24-18(21(28)29)22(31-20(17)24)30-15-8-9-23(12-15)11-14(25)10-13-6-4-3-5-7-13/h3-7,15-17,20,26H,2,8-12H2,1H3,(H,28,29)/t15?,16-,17+,20+/m0/s1. The van der Waals surface area contributed by atoms with Gasteiger partial charge in [-0.3, -0.25) is 19.4 Å². The summed E-state index contributed by atoms with van der Waals surface area (Å²) in [5, 5.41) is 19.7. The first-order valence-corrected chi connectivity index (χ1v) is 12.2. The molecule has 4 rings (SSSR count). The number of aliphatic hydroxyl groups excluding tert-OH is 1. The van der Waals surface area contributed by atoms with Crippen molar-refractivity contribution in [3.8, 4) is 0 Å². The molecule has 1 aromatic carbocycles. The Balaban J connectivity index is 1.35. The van der Waals surface area contributed by atoms with Crippen LogP contribution in [0.2, 0.25) is 0 Å². The average molecular weight is 463 g/mol. The molecular formula is C22H26N2O5S2. The third kappa shape index (κ3) is 4.55. The second kappa shape index (κ2) is 9.36. The van der Waals surface area contributed by atoms with Crippen LogP contribution >= 0.6 is 23.5 Å². The topological polar surface area (TPSA) is 98.2 Å². The zero-order chi connectivity index (χ0) is 22.1. The quantitative estimate of drug-likeness (QED) is 0.539. The Morgan fingerprint density at radius 3 is 2.71 bits per heavy atom. The largest absolute Gasteiger partial charge is 0.477 e. The molecule has 31 heavy (non-hydrogen) atoms. The number of likely N-dealkylation sites (tertiary alicyclic amines) is 1. The molecule has 3 aliphatic rings. The lowest BCUT2D eigenvalue weighted by Crippen LogP contribution is -2.61. The summed E-state index contributed by atoms with van der Waals surface area (Å²) < 4.78 is 0.638. The molecule has 0 radical (unpaired) electrons. The molecule has 3 aliphatic heterocycles. The fourth-order valence-electron chi connectivity index (χ4n) is 4.31. The van der Waals surface area contributed by atoms with Crippen molar-refractivity contribution in [3.63, 3.8) is 0 Å². The highest BCUT2D eigenvalue weighted by Crippen LogP contribution is 2.55. The molecule has 1 unspecified atom stereocenters. The first kappa shape index (κ1) is 22.4. The van der Waals surface area contributed by atoms with Crippen molar-refractivity contribution in [1.82, 2.24) is 9.80 Å². The van der Waals surface area contributed by atoms with Gasteiger partial charge in [-0.2, -0.15) is 0 Å². The van der Waals surface area contributed by atoms with E-state index in [1.807, 2.05) is 37.3 Å². The lowest BCUT2D eigenvalue weighted by Gasteiger charge is -2.44. The number of β-lactam (4-membered cyclic amide) rings is 1. The molecule has 0 aromatic heterocycles. The molecule has 1 amide bonds. The van der Waals surface area contributed by atoms with Crippen LogP contribution in [0, 0.1) is 5.92 Å². The summed E-state index contributed by atoms with van der Waals surface area (Å²) in [6, 6.07) is 9.68. The van der Waals surface area contributed by atoms with Gasteiger partial charge in [-0.25, -0.2) is 4.79 Å². The van der Waals surface area contributed by atoms with Crippen LogP contribution in [-0.4, -0.2) is 74.0 Å². The smallest absolute Gasteiger partial charge is 0.354 e. The number of hydrogen-bond donors (Lipinski definition) is 2. The van der Waals surface area contributed by atoms with Crippen molar-refractivity contribution in [1.29, 1.82) is 0 Å². The van der Waals surface area contributed by atoms with E-state index in [-0.39, 0.29) is 28.0 Å². The van der Waals surface area contributed by atoms with Gasteiger partial charge >= 0.3 is 5.97 Å². The van der Waals surface area contributed by atoms with Crippen LogP contribution in [-0.2, 0) is 20.8 Å². The molecule has 166 valence electrons. The highest BCUT2D eigenvalue weighted by Gasteiger charge is 2.58. The number of fused-ring (bicyclic) bond motifs is 1. The van der Waals surface area contributed by atoms with Gasteiger partial charge in [-0.15, -0.1) is 11.8 Å². The zero-order valence-corrected chi connectivity index (χ0v) is 18.9. The Bertz CT molecular complexity index is 906. The predicted octanol–water partition coefficient (Wildman–Crippen LogP) is 2.16. The number of thioether (sulfide) groups is 2. The molecule has 3 heterocycles. The minimum Gasteiger partial charge on any atom is -0.477 e. The number of carboxylic acids is 1. The third-order valence-electron chi connectivity index (χ3n) is 5.93. The van der Waals surface area contributed by atoms with Crippen LogP contribution in [0.15, 0.2) is 40.3 Å². The number of Topliss-reactive ketones (excluding diaryl/α,β-unsaturated/α-hetero) is 1. The number of nitrogens with zero attached hydrogens (tertiary/aromatic N) is 2. The summed E-state index contributed by atoms with van der Waals surface area (Å²) in [7, 11) is 0. The zero-order valence-electron chi connectivity index (χ0n) is 17.3. The fourth-order valence-corrected chi connectivity index (χ4v) is 7.62. The van der Waals surface area contributed by atoms with Gasteiger partial charge in [-0.05, 0) is 24.9 Å². The molecule has 7 nitrogen and oxygen atoms in total. The Labute approximate surface area is 189 Å². The summed E-state index contributed by atoms with van der Waals surface area (Å²) in [4.78, 5) is 40.2. The highest BCUT2D eigenvalue weighted by atomic mass is 32.2. The molecule has 2 N–H and O–H groups in total. The van der Waals surface area contributed by atoms with E-state index in [1.165, 1.54) is 28.4 Å². The molecule has 2 fully saturated rings. The Morgan fingerprint density at radius 2 is 2.03 bits per heavy atom. The number of ketones is 1. The van der Waals surface area contributed by atoms with Crippen LogP contribution in [0.1, 0.15) is 25.3 Å². The summed E-state index contributed by atoms with van der Waals surface area (Å²) in [6.45, 7) is 3.71. The lowest BCUT2D eigenvalue weighted by atomic mass is 9.90. The van der Waals surface area contributed by atoms with Gasteiger partial charge in [0.25, 0.3) is 0 Å². The maximum Gasteiger partial charge on any atom is 0.354 e. The van der Waals surface area contributed by atoms with Crippen LogP contribution in [0.3, 0.4) is 0 Å². The van der Waals surface area contributed by atoms with Gasteiger partial charge in [0.15, 0.2) is 11.5 Å². The van der Waals surface area contributed by atoms with Gasteiger partial charge in [-0.1, -0.05) is 49.0 Å². The van der Waals surface area contributed by atoms with Crippen molar-refractivity contribution >= 4 is 41.2 Å². The van der Waals surface area contributed by atoms with Crippen molar-refractivity contribution in [2.24, 2.45) is 5.92 Å². The van der Waals surface area contributed by atoms with E-state index in [0.29, 0.717) is 30.2 Å². The van der Waals surface area contributed by atoms with Crippen LogP contribution in [0.4, 0.5) is 0 Å². The SMILES string of the molecule is CC[C@H](O)[C@@H]1C(=O)N2C(C(=O)O)=C(SC3CCN(CC(=O)Cc4ccccc4)C3)S[C@H]12. The fraction of sp³-hybridized carbons (Fsp3) is 0.500. The number of rotatable bonds is 9. The summed E-state index contributed by atoms with van der Waals surface area (Å²) >= 11 is 2.87. The number of carboxylic acid groups (broad SMARTS) is 1. The molecule has 9 heteroatoms. The normalized spacial score (nSPS) is 26.7. The maximum atomic E-state index is 12.5. The molecular weight excluding hydrogens is 436 g/mol. The van der Waals surface area contributed by atoms with Gasteiger partial charge in [0.05, 0.1) is 22.8 Å². The van der Waals surface area contributed by atoms with Crippen molar-refractivity contribution in [2.75, 3.05) is 19.6 Å². The van der Waals surface area contributed by atoms with E-state index in [2.05, 4.69) is 4.90 Å². The van der Waals surface area contributed by atoms with E-state index in [4.69, 9.17) is 0 Å². The second-order valence-electron chi connectivity index (χ2n) is 8.12. The molecule has 2 saturated heterocycles. The Morgan fingerprint density at radius 1 is 1.29 bits per heavy atom. The summed E-state index contributed by atoms with van der Waals surface area (Å²) in [6.07, 6.45) is 0.984. The number of carbonyl (C=O) groups excluding carboxylic acids is 2. The minimum atomic E-state index is -1.11. The molecule has 4 atom stereocenters. The molecule has 0 spiro atoms. The Hall–Kier alpha value is -1.81. The average Bonchev–Trinajstić information content (AvgIpc) is 3.31. The van der Waals surface area contributed by atoms with E-state index in [0.717, 1.165) is 18.5 Å². The predicted molar refractivity (Wildman–Crippen MR) is 120 cm³/mol. The lowest BCUT2D eigenvalue weighted by molar-refractivity contribution is -0.157. The summed E-state index contributed by atoms with van der Waals surface area (Å²) in [5.41, 5.74) is 1.05. The molecule has 0 aliphatic carbocycles. The van der Waals surface area contributed by atoms with Crippen LogP contribution in [0.5, 0.6) is 0 Å². The van der Waals surface area contributed by atoms with E-state index in [1.54, 1.807) is 0 Å². The number of carbonyl (C=O) groups is 3. The van der Waals surface area contributed by atoms with E-state index in [9.17, 15) is 24.6 Å². The number of aliphatic carboxylic acids is 1. The number of amides is 1. The van der Waals surface area contributed by atoms with Crippen molar-refractivity contribution in [2.45, 2.75) is 42.9 Å². The molecule has 0 saturated carbocycles. The van der Waals surface area contributed by atoms with Gasteiger partial charge in [0, 0.05) is 18.2 Å². The molecule has 1 aromatic rings.